The summed E-state index contributed by atoms with van der Waals surface area (Å²) in [5, 5.41) is 9.44. The molecule has 6 heteroatoms. The van der Waals surface area contributed by atoms with Gasteiger partial charge in [0.25, 0.3) is 11.8 Å². The maximum Gasteiger partial charge on any atom is 0.330 e. The molecule has 2 rings (SSSR count). The van der Waals surface area contributed by atoms with Gasteiger partial charge in [-0.15, -0.1) is 0 Å². The van der Waals surface area contributed by atoms with Crippen molar-refractivity contribution in [2.75, 3.05) is 13.2 Å². The van der Waals surface area contributed by atoms with Crippen LogP contribution in [0.5, 0.6) is 0 Å². The van der Waals surface area contributed by atoms with Crippen molar-refractivity contribution in [3.05, 3.63) is 11.1 Å². The van der Waals surface area contributed by atoms with E-state index in [0.29, 0.717) is 11.1 Å². The van der Waals surface area contributed by atoms with Gasteiger partial charge in [0.05, 0.1) is 0 Å². The first-order valence-corrected chi connectivity index (χ1v) is 5.79. The van der Waals surface area contributed by atoms with E-state index in [9.17, 15) is 19.5 Å². The fraction of sp³-hybridized carbons (Fsp3) is 0.583. The molecule has 0 aromatic rings. The van der Waals surface area contributed by atoms with Crippen molar-refractivity contribution < 1.29 is 24.2 Å². The minimum atomic E-state index is -1.45. The quantitative estimate of drug-likeness (QED) is 0.717. The molecule has 0 bridgehead atoms. The summed E-state index contributed by atoms with van der Waals surface area (Å²) in [6.45, 7) is 3.57. The Labute approximate surface area is 104 Å². The average molecular weight is 253 g/mol. The van der Waals surface area contributed by atoms with Crippen LogP contribution in [-0.4, -0.2) is 46.5 Å². The Morgan fingerprint density at radius 1 is 1.17 bits per heavy atom. The largest absolute Gasteiger partial charge is 0.479 e. The molecule has 1 fully saturated rings. The molecule has 2 aliphatic rings. The highest BCUT2D eigenvalue weighted by Crippen LogP contribution is 2.34. The molecule has 98 valence electrons. The lowest BCUT2D eigenvalue weighted by atomic mass is 9.88. The fourth-order valence-corrected chi connectivity index (χ4v) is 2.38. The van der Waals surface area contributed by atoms with Gasteiger partial charge in [0, 0.05) is 37.2 Å². The number of hydrogen-bond donors (Lipinski definition) is 1. The molecule has 0 unspecified atom stereocenters. The number of carbonyl (C=O) groups excluding carboxylic acids is 2. The maximum atomic E-state index is 12.1. The Kier molecular flexibility index (Phi) is 2.98. The predicted octanol–water partition coefficient (Wildman–Crippen LogP) is 0.325. The molecule has 2 aliphatic heterocycles. The Hall–Kier alpha value is -1.69. The Balaban J connectivity index is 2.43. The molecule has 2 heterocycles. The van der Waals surface area contributed by atoms with Crippen LogP contribution in [0.4, 0.5) is 0 Å². The Morgan fingerprint density at radius 2 is 1.61 bits per heavy atom. The second kappa shape index (κ2) is 4.20. The zero-order valence-electron chi connectivity index (χ0n) is 10.4. The van der Waals surface area contributed by atoms with E-state index in [-0.39, 0.29) is 26.1 Å². The molecule has 2 amide bonds. The SMILES string of the molecule is CC1=C(C)C(=O)N(C2(C(=O)O)CCOCC2)C1=O. The summed E-state index contributed by atoms with van der Waals surface area (Å²) >= 11 is 0. The third-order valence-corrected chi connectivity index (χ3v) is 3.76. The summed E-state index contributed by atoms with van der Waals surface area (Å²) in [5.74, 6) is -2.14. The number of nitrogens with zero attached hydrogens (tertiary/aromatic N) is 1. The van der Waals surface area contributed by atoms with Gasteiger partial charge in [0.15, 0.2) is 5.54 Å². The van der Waals surface area contributed by atoms with Crippen LogP contribution >= 0.6 is 0 Å². The van der Waals surface area contributed by atoms with Gasteiger partial charge in [-0.25, -0.2) is 4.79 Å². The minimum absolute atomic E-state index is 0.139. The van der Waals surface area contributed by atoms with Crippen molar-refractivity contribution in [1.82, 2.24) is 4.90 Å². The number of carboxylic acids is 1. The van der Waals surface area contributed by atoms with Gasteiger partial charge in [-0.05, 0) is 13.8 Å². The molecule has 18 heavy (non-hydrogen) atoms. The van der Waals surface area contributed by atoms with Crippen LogP contribution in [-0.2, 0) is 19.1 Å². The van der Waals surface area contributed by atoms with Crippen LogP contribution in [0.25, 0.3) is 0 Å². The van der Waals surface area contributed by atoms with Crippen LogP contribution in [0, 0.1) is 0 Å². The van der Waals surface area contributed by atoms with Crippen LogP contribution in [0.1, 0.15) is 26.7 Å². The van der Waals surface area contributed by atoms with E-state index in [1.165, 1.54) is 0 Å². The Bertz CT molecular complexity index is 435. The number of rotatable bonds is 2. The second-order valence-corrected chi connectivity index (χ2v) is 4.64. The monoisotopic (exact) mass is 253 g/mol. The minimum Gasteiger partial charge on any atom is -0.479 e. The van der Waals surface area contributed by atoms with Crippen LogP contribution in [0.2, 0.25) is 0 Å². The number of carboxylic acid groups (broad SMARTS) is 1. The number of amides is 2. The summed E-state index contributed by atoms with van der Waals surface area (Å²) in [4.78, 5) is 36.6. The van der Waals surface area contributed by atoms with E-state index in [1.807, 2.05) is 0 Å². The smallest absolute Gasteiger partial charge is 0.330 e. The molecule has 0 spiro atoms. The number of carbonyl (C=O) groups is 3. The van der Waals surface area contributed by atoms with Crippen LogP contribution < -0.4 is 0 Å². The topological polar surface area (TPSA) is 83.9 Å². The fourth-order valence-electron chi connectivity index (χ4n) is 2.38. The standard InChI is InChI=1S/C12H15NO5/c1-7-8(2)10(15)13(9(7)14)12(11(16)17)3-5-18-6-4-12/h3-6H2,1-2H3,(H,16,17). The molecule has 0 aromatic carbocycles. The third kappa shape index (κ3) is 1.56. The molecule has 0 aliphatic carbocycles. The molecule has 0 atom stereocenters. The number of ether oxygens (including phenoxy) is 1. The molecule has 6 nitrogen and oxygen atoms in total. The lowest BCUT2D eigenvalue weighted by Crippen LogP contribution is -2.60. The normalized spacial score (nSPS) is 23.8. The first-order chi connectivity index (χ1) is 8.42. The van der Waals surface area contributed by atoms with Gasteiger partial charge in [-0.3, -0.25) is 14.5 Å². The first kappa shape index (κ1) is 12.8. The van der Waals surface area contributed by atoms with E-state index >= 15 is 0 Å². The Morgan fingerprint density at radius 3 is 2.00 bits per heavy atom. The third-order valence-electron chi connectivity index (χ3n) is 3.76. The van der Waals surface area contributed by atoms with Gasteiger partial charge in [-0.2, -0.15) is 0 Å². The summed E-state index contributed by atoms with van der Waals surface area (Å²) in [5.41, 5.74) is -0.801. The summed E-state index contributed by atoms with van der Waals surface area (Å²) in [6, 6.07) is 0. The van der Waals surface area contributed by atoms with Crippen molar-refractivity contribution in [1.29, 1.82) is 0 Å². The van der Waals surface area contributed by atoms with Crippen molar-refractivity contribution in [2.24, 2.45) is 0 Å². The maximum absolute atomic E-state index is 12.1. The molecule has 0 aromatic heterocycles. The van der Waals surface area contributed by atoms with Crippen molar-refractivity contribution in [3.63, 3.8) is 0 Å². The predicted molar refractivity (Wildman–Crippen MR) is 60.6 cm³/mol. The zero-order valence-corrected chi connectivity index (χ0v) is 10.4. The molecular formula is C12H15NO5. The summed E-state index contributed by atoms with van der Waals surface area (Å²) in [6.07, 6.45) is 0.279. The zero-order chi connectivity index (χ0) is 13.5. The van der Waals surface area contributed by atoms with Crippen molar-refractivity contribution >= 4 is 17.8 Å². The van der Waals surface area contributed by atoms with Gasteiger partial charge in [0.2, 0.25) is 0 Å². The molecule has 1 N–H and O–H groups in total. The summed E-state index contributed by atoms with van der Waals surface area (Å²) in [7, 11) is 0. The first-order valence-electron chi connectivity index (χ1n) is 5.79. The molecule has 0 radical (unpaired) electrons. The van der Waals surface area contributed by atoms with E-state index in [1.54, 1.807) is 13.8 Å². The lowest BCUT2D eigenvalue weighted by molar-refractivity contribution is -0.168. The van der Waals surface area contributed by atoms with Crippen LogP contribution in [0.15, 0.2) is 11.1 Å². The van der Waals surface area contributed by atoms with E-state index < -0.39 is 23.3 Å². The van der Waals surface area contributed by atoms with Gasteiger partial charge in [0.1, 0.15) is 0 Å². The molecule has 0 saturated carbocycles. The molecular weight excluding hydrogens is 238 g/mol. The highest BCUT2D eigenvalue weighted by Gasteiger charge is 2.53. The van der Waals surface area contributed by atoms with E-state index in [2.05, 4.69) is 0 Å². The van der Waals surface area contributed by atoms with Gasteiger partial charge < -0.3 is 9.84 Å². The molecule has 1 saturated heterocycles. The van der Waals surface area contributed by atoms with Gasteiger partial charge in [-0.1, -0.05) is 0 Å². The summed E-state index contributed by atoms with van der Waals surface area (Å²) < 4.78 is 5.13. The average Bonchev–Trinajstić information content (AvgIpc) is 2.55. The highest BCUT2D eigenvalue weighted by molar-refractivity contribution is 6.20. The van der Waals surface area contributed by atoms with Crippen LogP contribution in [0.3, 0.4) is 0 Å². The van der Waals surface area contributed by atoms with Crippen molar-refractivity contribution in [3.8, 4) is 0 Å². The highest BCUT2D eigenvalue weighted by atomic mass is 16.5. The number of hydrogen-bond acceptors (Lipinski definition) is 4. The van der Waals surface area contributed by atoms with Crippen molar-refractivity contribution in [2.45, 2.75) is 32.2 Å². The number of aliphatic carboxylic acids is 1. The van der Waals surface area contributed by atoms with E-state index in [0.717, 1.165) is 4.90 Å². The lowest BCUT2D eigenvalue weighted by Gasteiger charge is -2.39. The second-order valence-electron chi connectivity index (χ2n) is 4.64. The van der Waals surface area contributed by atoms with Gasteiger partial charge >= 0.3 is 5.97 Å². The van der Waals surface area contributed by atoms with E-state index in [4.69, 9.17) is 4.74 Å². The number of imide groups is 1.